The first-order valence-corrected chi connectivity index (χ1v) is 10.4. The van der Waals surface area contributed by atoms with Gasteiger partial charge in [-0.05, 0) is 56.0 Å². The molecule has 1 atom stereocenters. The van der Waals surface area contributed by atoms with Crippen molar-refractivity contribution < 1.29 is 4.39 Å². The summed E-state index contributed by atoms with van der Waals surface area (Å²) in [5, 5.41) is 3.99. The average Bonchev–Trinajstić information content (AvgIpc) is 3.28. The Bertz CT molecular complexity index is 676. The molecule has 1 N–H and O–H groups in total. The molecule has 0 saturated carbocycles. The van der Waals surface area contributed by atoms with Gasteiger partial charge in [0.1, 0.15) is 5.82 Å². The molecule has 2 heterocycles. The van der Waals surface area contributed by atoms with E-state index >= 15 is 0 Å². The van der Waals surface area contributed by atoms with E-state index in [1.807, 2.05) is 7.05 Å². The number of benzene rings is 1. The van der Waals surface area contributed by atoms with E-state index in [0.29, 0.717) is 11.6 Å². The second-order valence-corrected chi connectivity index (χ2v) is 8.92. The fourth-order valence-corrected chi connectivity index (χ4v) is 4.69. The van der Waals surface area contributed by atoms with Crippen LogP contribution in [0.3, 0.4) is 0 Å². The smallest absolute Gasteiger partial charge is 0.193 e. The highest BCUT2D eigenvalue weighted by molar-refractivity contribution is 14.0. The number of nitrogens with zero attached hydrogens (tertiary/aromatic N) is 3. The van der Waals surface area contributed by atoms with Crippen LogP contribution in [0.5, 0.6) is 0 Å². The quantitative estimate of drug-likeness (QED) is 0.354. The van der Waals surface area contributed by atoms with Gasteiger partial charge in [-0.15, -0.1) is 24.0 Å². The van der Waals surface area contributed by atoms with Crippen molar-refractivity contribution >= 4 is 41.5 Å². The molecule has 7 heteroatoms. The maximum Gasteiger partial charge on any atom is 0.193 e. The number of likely N-dealkylation sites (tertiary alicyclic amines) is 2. The Balaban J connectivity index is 0.00000280. The van der Waals surface area contributed by atoms with Crippen molar-refractivity contribution in [2.24, 2.45) is 10.9 Å². The molecule has 0 spiro atoms. The summed E-state index contributed by atoms with van der Waals surface area (Å²) in [5.74, 6) is 1.37. The fourth-order valence-electron chi connectivity index (χ4n) is 4.27. The van der Waals surface area contributed by atoms with E-state index in [2.05, 4.69) is 34.0 Å². The van der Waals surface area contributed by atoms with Gasteiger partial charge in [-0.3, -0.25) is 4.99 Å². The number of hydrogen-bond acceptors (Lipinski definition) is 2. The van der Waals surface area contributed by atoms with E-state index in [0.717, 1.165) is 30.5 Å². The standard InChI is InChI=1S/C21H32ClFN4.HI/c1-21(2,18-7-6-17(23)12-19(18)22)15-25-20(24-3)27-11-8-16(14-27)13-26-9-4-5-10-26;/h6-7,12,16H,4-5,8-11,13-15H2,1-3H3,(H,24,25);1H. The summed E-state index contributed by atoms with van der Waals surface area (Å²) in [7, 11) is 1.84. The number of nitrogens with one attached hydrogen (secondary N) is 1. The molecule has 1 unspecified atom stereocenters. The highest BCUT2D eigenvalue weighted by Gasteiger charge is 2.29. The van der Waals surface area contributed by atoms with E-state index in [1.54, 1.807) is 6.07 Å². The minimum absolute atomic E-state index is 0. The molecule has 2 fully saturated rings. The molecule has 0 aromatic heterocycles. The van der Waals surface area contributed by atoms with Gasteiger partial charge in [-0.1, -0.05) is 31.5 Å². The zero-order valence-electron chi connectivity index (χ0n) is 17.2. The van der Waals surface area contributed by atoms with Crippen molar-refractivity contribution in [1.82, 2.24) is 15.1 Å². The summed E-state index contributed by atoms with van der Waals surface area (Å²) >= 11 is 6.28. The third-order valence-electron chi connectivity index (χ3n) is 5.86. The van der Waals surface area contributed by atoms with Crippen LogP contribution in [-0.4, -0.2) is 62.1 Å². The van der Waals surface area contributed by atoms with Gasteiger partial charge in [0.2, 0.25) is 0 Å². The Morgan fingerprint density at radius 1 is 1.29 bits per heavy atom. The Hall–Kier alpha value is -0.600. The number of aliphatic imine (C=N–C) groups is 1. The lowest BCUT2D eigenvalue weighted by Gasteiger charge is -2.30. The van der Waals surface area contributed by atoms with Crippen LogP contribution in [0, 0.1) is 11.7 Å². The third-order valence-corrected chi connectivity index (χ3v) is 6.17. The maximum absolute atomic E-state index is 13.4. The fraction of sp³-hybridized carbons (Fsp3) is 0.667. The molecule has 0 amide bonds. The van der Waals surface area contributed by atoms with Crippen LogP contribution < -0.4 is 5.32 Å². The first kappa shape index (κ1) is 23.7. The lowest BCUT2D eigenvalue weighted by Crippen LogP contribution is -2.45. The monoisotopic (exact) mass is 522 g/mol. The first-order chi connectivity index (χ1) is 12.9. The summed E-state index contributed by atoms with van der Waals surface area (Å²) in [6.07, 6.45) is 3.92. The Morgan fingerprint density at radius 3 is 2.64 bits per heavy atom. The molecular formula is C21H33ClFIN4. The summed E-state index contributed by atoms with van der Waals surface area (Å²) in [5.41, 5.74) is 0.719. The topological polar surface area (TPSA) is 30.9 Å². The van der Waals surface area contributed by atoms with Crippen molar-refractivity contribution in [2.45, 2.75) is 38.5 Å². The second-order valence-electron chi connectivity index (χ2n) is 8.52. The Labute approximate surface area is 190 Å². The molecular weight excluding hydrogens is 490 g/mol. The molecule has 3 rings (SSSR count). The van der Waals surface area contributed by atoms with Crippen molar-refractivity contribution in [2.75, 3.05) is 46.3 Å². The van der Waals surface area contributed by atoms with Gasteiger partial charge >= 0.3 is 0 Å². The molecule has 0 radical (unpaired) electrons. The molecule has 2 aliphatic heterocycles. The van der Waals surface area contributed by atoms with Crippen LogP contribution in [0.25, 0.3) is 0 Å². The van der Waals surface area contributed by atoms with Gasteiger partial charge in [0.15, 0.2) is 5.96 Å². The minimum Gasteiger partial charge on any atom is -0.355 e. The molecule has 0 aliphatic carbocycles. The minimum atomic E-state index is -0.301. The normalized spacial score (nSPS) is 21.1. The molecule has 1 aromatic rings. The Kier molecular flexibility index (Phi) is 8.82. The lowest BCUT2D eigenvalue weighted by molar-refractivity contribution is 0.281. The SMILES string of the molecule is CN=C(NCC(C)(C)c1ccc(F)cc1Cl)N1CCC(CN2CCCC2)C1.I. The predicted octanol–water partition coefficient (Wildman–Crippen LogP) is 4.37. The van der Waals surface area contributed by atoms with Gasteiger partial charge in [-0.25, -0.2) is 4.39 Å². The summed E-state index contributed by atoms with van der Waals surface area (Å²) in [6.45, 7) is 10.8. The van der Waals surface area contributed by atoms with Crippen molar-refractivity contribution in [3.63, 3.8) is 0 Å². The third kappa shape index (κ3) is 5.95. The number of hydrogen-bond donors (Lipinski definition) is 1. The summed E-state index contributed by atoms with van der Waals surface area (Å²) < 4.78 is 13.4. The van der Waals surface area contributed by atoms with Crippen LogP contribution in [0.2, 0.25) is 5.02 Å². The molecule has 1 aromatic carbocycles. The summed E-state index contributed by atoms with van der Waals surface area (Å²) in [6, 6.07) is 4.64. The van der Waals surface area contributed by atoms with Crippen molar-refractivity contribution in [1.29, 1.82) is 0 Å². The molecule has 4 nitrogen and oxygen atoms in total. The number of rotatable bonds is 5. The number of halogens is 3. The molecule has 0 bridgehead atoms. The molecule has 28 heavy (non-hydrogen) atoms. The van der Waals surface area contributed by atoms with Crippen LogP contribution in [0.1, 0.15) is 38.7 Å². The van der Waals surface area contributed by atoms with E-state index in [1.165, 1.54) is 51.0 Å². The number of guanidine groups is 1. The van der Waals surface area contributed by atoms with Gasteiger partial charge in [0.25, 0.3) is 0 Å². The zero-order chi connectivity index (χ0) is 19.4. The van der Waals surface area contributed by atoms with Crippen molar-refractivity contribution in [3.05, 3.63) is 34.6 Å². The van der Waals surface area contributed by atoms with Crippen LogP contribution in [0.15, 0.2) is 23.2 Å². The van der Waals surface area contributed by atoms with Gasteiger partial charge in [0.05, 0.1) is 0 Å². The lowest BCUT2D eigenvalue weighted by atomic mass is 9.84. The van der Waals surface area contributed by atoms with Gasteiger partial charge < -0.3 is 15.1 Å². The van der Waals surface area contributed by atoms with Gasteiger partial charge in [0, 0.05) is 43.7 Å². The highest BCUT2D eigenvalue weighted by atomic mass is 127. The largest absolute Gasteiger partial charge is 0.355 e. The van der Waals surface area contributed by atoms with Crippen LogP contribution in [0.4, 0.5) is 4.39 Å². The van der Waals surface area contributed by atoms with E-state index < -0.39 is 0 Å². The average molecular weight is 523 g/mol. The van der Waals surface area contributed by atoms with E-state index in [-0.39, 0.29) is 35.2 Å². The van der Waals surface area contributed by atoms with E-state index in [9.17, 15) is 4.39 Å². The first-order valence-electron chi connectivity index (χ1n) is 10.0. The highest BCUT2D eigenvalue weighted by Crippen LogP contribution is 2.30. The van der Waals surface area contributed by atoms with Gasteiger partial charge in [-0.2, -0.15) is 0 Å². The van der Waals surface area contributed by atoms with E-state index in [4.69, 9.17) is 11.6 Å². The predicted molar refractivity (Wildman–Crippen MR) is 127 cm³/mol. The van der Waals surface area contributed by atoms with Crippen LogP contribution >= 0.6 is 35.6 Å². The van der Waals surface area contributed by atoms with Crippen LogP contribution in [-0.2, 0) is 5.41 Å². The molecule has 2 aliphatic rings. The summed E-state index contributed by atoms with van der Waals surface area (Å²) in [4.78, 5) is 9.46. The molecule has 158 valence electrons. The maximum atomic E-state index is 13.4. The second kappa shape index (κ2) is 10.4. The Morgan fingerprint density at radius 2 is 2.00 bits per heavy atom. The zero-order valence-corrected chi connectivity index (χ0v) is 20.3. The van der Waals surface area contributed by atoms with Crippen molar-refractivity contribution in [3.8, 4) is 0 Å². The molecule has 2 saturated heterocycles.